The molecule has 0 aromatic heterocycles. The summed E-state index contributed by atoms with van der Waals surface area (Å²) in [5.41, 5.74) is 7.41. The number of benzene rings is 2. The van der Waals surface area contributed by atoms with Gasteiger partial charge in [0.2, 0.25) is 0 Å². The van der Waals surface area contributed by atoms with Crippen LogP contribution >= 0.6 is 0 Å². The van der Waals surface area contributed by atoms with Crippen molar-refractivity contribution in [2.24, 2.45) is 0 Å². The topological polar surface area (TPSA) is 64.7 Å². The lowest BCUT2D eigenvalue weighted by molar-refractivity contribution is 0.0662. The number of carbonyl (C=O) groups is 2. The molecule has 0 atom stereocenters. The molecule has 6 nitrogen and oxygen atoms in total. The highest BCUT2D eigenvalue weighted by atomic mass is 16.2. The number of hydrogen-bond acceptors (Lipinski definition) is 4. The third-order valence-corrected chi connectivity index (χ3v) is 5.63. The number of nitrogens with zero attached hydrogens (tertiary/aromatic N) is 2. The molecular formula is C23H28N4O2. The quantitative estimate of drug-likeness (QED) is 0.820. The lowest BCUT2D eigenvalue weighted by Crippen LogP contribution is -2.52. The standard InChI is InChI=1S/C23H28N4O2/c1-16-3-4-19(22(28)24-20-9-10-20)15-21(16)17-5-7-18(8-6-17)23(29)25-27-13-11-26(2)12-14-27/h3-8,15,20H,9-14H2,1-2H3,(H,24,28)(H,25,29). The van der Waals surface area contributed by atoms with E-state index < -0.39 is 0 Å². The second-order valence-electron chi connectivity index (χ2n) is 8.09. The number of nitrogens with one attached hydrogen (secondary N) is 2. The number of rotatable bonds is 5. The van der Waals surface area contributed by atoms with Crippen molar-refractivity contribution in [3.05, 3.63) is 59.2 Å². The summed E-state index contributed by atoms with van der Waals surface area (Å²) in [6.07, 6.45) is 2.14. The summed E-state index contributed by atoms with van der Waals surface area (Å²) < 4.78 is 0. The number of carbonyl (C=O) groups excluding carboxylic acids is 2. The Morgan fingerprint density at radius 3 is 2.21 bits per heavy atom. The van der Waals surface area contributed by atoms with Gasteiger partial charge in [-0.3, -0.25) is 15.0 Å². The number of hydrazine groups is 1. The fourth-order valence-corrected chi connectivity index (χ4v) is 3.50. The molecule has 2 aromatic carbocycles. The predicted molar refractivity (Wildman–Crippen MR) is 114 cm³/mol. The minimum Gasteiger partial charge on any atom is -0.349 e. The van der Waals surface area contributed by atoms with Gasteiger partial charge >= 0.3 is 0 Å². The van der Waals surface area contributed by atoms with E-state index >= 15 is 0 Å². The van der Waals surface area contributed by atoms with Crippen LogP contribution in [0.3, 0.4) is 0 Å². The molecule has 0 unspecified atom stereocenters. The number of likely N-dealkylation sites (N-methyl/N-ethyl adjacent to an activating group) is 1. The number of amides is 2. The van der Waals surface area contributed by atoms with Crippen molar-refractivity contribution >= 4 is 11.8 Å². The van der Waals surface area contributed by atoms with Gasteiger partial charge in [-0.15, -0.1) is 0 Å². The van der Waals surface area contributed by atoms with Crippen LogP contribution in [0.15, 0.2) is 42.5 Å². The van der Waals surface area contributed by atoms with E-state index in [1.165, 1.54) is 0 Å². The Bertz CT molecular complexity index is 898. The van der Waals surface area contributed by atoms with Gasteiger partial charge in [-0.05, 0) is 67.8 Å². The van der Waals surface area contributed by atoms with E-state index in [0.29, 0.717) is 17.2 Å². The van der Waals surface area contributed by atoms with Crippen molar-refractivity contribution in [2.45, 2.75) is 25.8 Å². The van der Waals surface area contributed by atoms with E-state index in [1.54, 1.807) is 0 Å². The summed E-state index contributed by atoms with van der Waals surface area (Å²) in [5.74, 6) is -0.104. The molecule has 1 aliphatic carbocycles. The maximum absolute atomic E-state index is 12.5. The second-order valence-corrected chi connectivity index (χ2v) is 8.09. The van der Waals surface area contributed by atoms with Gasteiger partial charge in [0.05, 0.1) is 0 Å². The van der Waals surface area contributed by atoms with Gasteiger partial charge in [0.1, 0.15) is 0 Å². The summed E-state index contributed by atoms with van der Waals surface area (Å²) in [6.45, 7) is 5.59. The van der Waals surface area contributed by atoms with Crippen molar-refractivity contribution < 1.29 is 9.59 Å². The predicted octanol–water partition coefficient (Wildman–Crippen LogP) is 2.45. The van der Waals surface area contributed by atoms with Crippen LogP contribution in [0.2, 0.25) is 0 Å². The number of piperazine rings is 1. The van der Waals surface area contributed by atoms with E-state index in [4.69, 9.17) is 0 Å². The Hall–Kier alpha value is -2.70. The average Bonchev–Trinajstić information content (AvgIpc) is 3.54. The molecule has 29 heavy (non-hydrogen) atoms. The molecule has 2 amide bonds. The molecule has 152 valence electrons. The number of hydrogen-bond donors (Lipinski definition) is 2. The molecule has 0 radical (unpaired) electrons. The summed E-state index contributed by atoms with van der Waals surface area (Å²) in [5, 5.41) is 5.01. The first-order valence-electron chi connectivity index (χ1n) is 10.3. The maximum atomic E-state index is 12.5. The molecule has 0 bridgehead atoms. The van der Waals surface area contributed by atoms with Crippen molar-refractivity contribution in [1.29, 1.82) is 0 Å². The average molecular weight is 393 g/mol. The van der Waals surface area contributed by atoms with Gasteiger partial charge in [-0.25, -0.2) is 5.01 Å². The molecule has 2 aromatic rings. The summed E-state index contributed by atoms with van der Waals surface area (Å²) in [7, 11) is 2.09. The molecule has 1 aliphatic heterocycles. The summed E-state index contributed by atoms with van der Waals surface area (Å²) >= 11 is 0. The zero-order chi connectivity index (χ0) is 20.4. The SMILES string of the molecule is Cc1ccc(C(=O)NC2CC2)cc1-c1ccc(C(=O)NN2CCN(C)CC2)cc1. The Morgan fingerprint density at radius 1 is 0.897 bits per heavy atom. The van der Waals surface area contributed by atoms with Crippen LogP contribution in [0.5, 0.6) is 0 Å². The molecule has 6 heteroatoms. The van der Waals surface area contributed by atoms with Crippen molar-refractivity contribution in [3.8, 4) is 11.1 Å². The monoisotopic (exact) mass is 392 g/mol. The first-order chi connectivity index (χ1) is 14.0. The zero-order valence-corrected chi connectivity index (χ0v) is 17.1. The van der Waals surface area contributed by atoms with Crippen LogP contribution in [0.4, 0.5) is 0 Å². The molecule has 4 rings (SSSR count). The van der Waals surface area contributed by atoms with Gasteiger partial charge < -0.3 is 10.2 Å². The van der Waals surface area contributed by atoms with Crippen LogP contribution in [-0.4, -0.2) is 61.0 Å². The molecule has 1 heterocycles. The second kappa shape index (κ2) is 8.35. The fourth-order valence-electron chi connectivity index (χ4n) is 3.50. The summed E-state index contributed by atoms with van der Waals surface area (Å²) in [6, 6.07) is 13.7. The first-order valence-corrected chi connectivity index (χ1v) is 10.3. The van der Waals surface area contributed by atoms with E-state index in [1.807, 2.05) is 54.4 Å². The molecule has 2 N–H and O–H groups in total. The Balaban J connectivity index is 1.45. The Kier molecular flexibility index (Phi) is 5.65. The minimum atomic E-state index is -0.0876. The van der Waals surface area contributed by atoms with Gasteiger partial charge in [-0.2, -0.15) is 0 Å². The van der Waals surface area contributed by atoms with Crippen molar-refractivity contribution in [1.82, 2.24) is 20.7 Å². The highest BCUT2D eigenvalue weighted by Gasteiger charge is 2.24. The zero-order valence-electron chi connectivity index (χ0n) is 17.1. The molecule has 1 saturated carbocycles. The maximum Gasteiger partial charge on any atom is 0.265 e. The minimum absolute atomic E-state index is 0.0167. The molecule has 2 aliphatic rings. The van der Waals surface area contributed by atoms with Gasteiger partial charge in [0.15, 0.2) is 0 Å². The van der Waals surface area contributed by atoms with Crippen LogP contribution in [0, 0.1) is 6.92 Å². The lowest BCUT2D eigenvalue weighted by Gasteiger charge is -2.32. The van der Waals surface area contributed by atoms with E-state index in [9.17, 15) is 9.59 Å². The van der Waals surface area contributed by atoms with E-state index in [2.05, 4.69) is 22.7 Å². The first kappa shape index (κ1) is 19.6. The molecule has 0 spiro atoms. The van der Waals surface area contributed by atoms with Crippen LogP contribution in [0.1, 0.15) is 39.1 Å². The highest BCUT2D eigenvalue weighted by molar-refractivity contribution is 5.97. The Morgan fingerprint density at radius 2 is 1.55 bits per heavy atom. The van der Waals surface area contributed by atoms with Crippen LogP contribution in [-0.2, 0) is 0 Å². The van der Waals surface area contributed by atoms with Gasteiger partial charge in [0.25, 0.3) is 11.8 Å². The summed E-state index contributed by atoms with van der Waals surface area (Å²) in [4.78, 5) is 27.2. The molecular weight excluding hydrogens is 364 g/mol. The van der Waals surface area contributed by atoms with E-state index in [-0.39, 0.29) is 11.8 Å². The fraction of sp³-hybridized carbons (Fsp3) is 0.391. The molecule has 1 saturated heterocycles. The third-order valence-electron chi connectivity index (χ3n) is 5.63. The smallest absolute Gasteiger partial charge is 0.265 e. The normalized spacial score (nSPS) is 17.7. The van der Waals surface area contributed by atoms with Crippen LogP contribution in [0.25, 0.3) is 11.1 Å². The van der Waals surface area contributed by atoms with Crippen molar-refractivity contribution in [2.75, 3.05) is 33.2 Å². The highest BCUT2D eigenvalue weighted by Crippen LogP contribution is 2.26. The van der Waals surface area contributed by atoms with Crippen molar-refractivity contribution in [3.63, 3.8) is 0 Å². The van der Waals surface area contributed by atoms with E-state index in [0.717, 1.165) is 55.7 Å². The largest absolute Gasteiger partial charge is 0.349 e. The van der Waals surface area contributed by atoms with Gasteiger partial charge in [0, 0.05) is 43.3 Å². The van der Waals surface area contributed by atoms with Crippen LogP contribution < -0.4 is 10.7 Å². The Labute approximate surface area is 171 Å². The van der Waals surface area contributed by atoms with Gasteiger partial charge in [-0.1, -0.05) is 18.2 Å². The lowest BCUT2D eigenvalue weighted by atomic mass is 9.97. The number of aryl methyl sites for hydroxylation is 1. The third kappa shape index (κ3) is 4.83. The molecule has 2 fully saturated rings.